The van der Waals surface area contributed by atoms with E-state index in [1.54, 1.807) is 25.4 Å². The van der Waals surface area contributed by atoms with Crippen molar-refractivity contribution in [1.82, 2.24) is 4.98 Å². The van der Waals surface area contributed by atoms with Gasteiger partial charge in [-0.3, -0.25) is 4.79 Å². The van der Waals surface area contributed by atoms with Gasteiger partial charge in [-0.15, -0.1) is 11.3 Å². The van der Waals surface area contributed by atoms with Gasteiger partial charge < -0.3 is 4.74 Å². The molecule has 0 bridgehead atoms. The average molecular weight is 211 g/mol. The van der Waals surface area contributed by atoms with Crippen molar-refractivity contribution in [2.75, 3.05) is 7.11 Å². The monoisotopic (exact) mass is 211 g/mol. The standard InChI is InChI=1S/C10H13NO2S/c1-7(12)10(3-4-10)8-6-14-9(11-8)5-13-2/h6H,3-5H2,1-2H3. The number of thiazole rings is 1. The molecule has 0 radical (unpaired) electrons. The minimum absolute atomic E-state index is 0.234. The molecule has 1 aromatic rings. The lowest BCUT2D eigenvalue weighted by atomic mass is 9.99. The third-order valence-corrected chi connectivity index (χ3v) is 3.56. The lowest BCUT2D eigenvalue weighted by Crippen LogP contribution is -2.17. The predicted molar refractivity (Wildman–Crippen MR) is 54.4 cm³/mol. The maximum atomic E-state index is 11.4. The van der Waals surface area contributed by atoms with Crippen LogP contribution in [-0.2, 0) is 21.6 Å². The molecule has 3 nitrogen and oxygen atoms in total. The summed E-state index contributed by atoms with van der Waals surface area (Å²) < 4.78 is 5.00. The van der Waals surface area contributed by atoms with Gasteiger partial charge in [0.2, 0.25) is 0 Å². The molecule has 1 fully saturated rings. The Balaban J connectivity index is 2.21. The highest BCUT2D eigenvalue weighted by atomic mass is 32.1. The number of ketones is 1. The minimum Gasteiger partial charge on any atom is -0.378 e. The second kappa shape index (κ2) is 3.44. The van der Waals surface area contributed by atoms with E-state index in [9.17, 15) is 4.79 Å². The zero-order valence-electron chi connectivity index (χ0n) is 8.37. The van der Waals surface area contributed by atoms with Crippen molar-refractivity contribution >= 4 is 17.1 Å². The first-order valence-electron chi connectivity index (χ1n) is 4.64. The summed E-state index contributed by atoms with van der Waals surface area (Å²) in [5, 5.41) is 2.94. The normalized spacial score (nSPS) is 18.1. The molecule has 0 unspecified atom stereocenters. The van der Waals surface area contributed by atoms with Gasteiger partial charge in [-0.1, -0.05) is 0 Å². The first-order chi connectivity index (χ1) is 6.69. The van der Waals surface area contributed by atoms with Crippen molar-refractivity contribution in [3.63, 3.8) is 0 Å². The molecule has 4 heteroatoms. The molecule has 1 aliphatic carbocycles. The molecule has 0 amide bonds. The fourth-order valence-electron chi connectivity index (χ4n) is 1.63. The fourth-order valence-corrected chi connectivity index (χ4v) is 2.50. The lowest BCUT2D eigenvalue weighted by Gasteiger charge is -2.06. The summed E-state index contributed by atoms with van der Waals surface area (Å²) in [5.41, 5.74) is 0.713. The van der Waals surface area contributed by atoms with Crippen LogP contribution in [-0.4, -0.2) is 17.9 Å². The predicted octanol–water partition coefficient (Wildman–Crippen LogP) is 1.91. The van der Waals surface area contributed by atoms with Crippen molar-refractivity contribution in [2.24, 2.45) is 0 Å². The molecule has 0 atom stereocenters. The summed E-state index contributed by atoms with van der Waals surface area (Å²) in [6, 6.07) is 0. The highest BCUT2D eigenvalue weighted by molar-refractivity contribution is 7.09. The molecule has 1 saturated carbocycles. The van der Waals surface area contributed by atoms with Gasteiger partial charge in [0.05, 0.1) is 17.7 Å². The van der Waals surface area contributed by atoms with E-state index < -0.39 is 0 Å². The molecule has 1 aliphatic rings. The number of ether oxygens (including phenoxy) is 1. The molecule has 0 spiro atoms. The van der Waals surface area contributed by atoms with Crippen LogP contribution in [0.1, 0.15) is 30.5 Å². The Morgan fingerprint density at radius 1 is 1.71 bits per heavy atom. The summed E-state index contributed by atoms with van der Waals surface area (Å²) in [6.45, 7) is 2.20. The van der Waals surface area contributed by atoms with Gasteiger partial charge in [0.1, 0.15) is 10.8 Å². The second-order valence-electron chi connectivity index (χ2n) is 3.70. The number of aromatic nitrogens is 1. The summed E-state index contributed by atoms with van der Waals surface area (Å²) in [7, 11) is 1.65. The number of Topliss-reactive ketones (excluding diaryl/α,β-unsaturated/α-hetero) is 1. The maximum Gasteiger partial charge on any atom is 0.141 e. The number of methoxy groups -OCH3 is 1. The van der Waals surface area contributed by atoms with Crippen molar-refractivity contribution in [3.8, 4) is 0 Å². The number of carbonyl (C=O) groups excluding carboxylic acids is 1. The summed E-state index contributed by atoms with van der Waals surface area (Å²) in [4.78, 5) is 15.9. The minimum atomic E-state index is -0.234. The number of carbonyl (C=O) groups is 1. The SMILES string of the molecule is COCc1nc(C2(C(C)=O)CC2)cs1. The van der Waals surface area contributed by atoms with Gasteiger partial charge in [-0.05, 0) is 19.8 Å². The van der Waals surface area contributed by atoms with Crippen LogP contribution in [0.5, 0.6) is 0 Å². The van der Waals surface area contributed by atoms with Gasteiger partial charge in [0.25, 0.3) is 0 Å². The van der Waals surface area contributed by atoms with E-state index in [-0.39, 0.29) is 11.2 Å². The Morgan fingerprint density at radius 3 is 2.93 bits per heavy atom. The smallest absolute Gasteiger partial charge is 0.141 e. The fraction of sp³-hybridized carbons (Fsp3) is 0.600. The molecule has 1 aromatic heterocycles. The molecule has 76 valence electrons. The molecular weight excluding hydrogens is 198 g/mol. The van der Waals surface area contributed by atoms with Gasteiger partial charge in [0.15, 0.2) is 0 Å². The summed E-state index contributed by atoms with van der Waals surface area (Å²) >= 11 is 1.57. The largest absolute Gasteiger partial charge is 0.378 e. The van der Waals surface area contributed by atoms with Crippen LogP contribution in [0.2, 0.25) is 0 Å². The van der Waals surface area contributed by atoms with E-state index in [0.29, 0.717) is 6.61 Å². The van der Waals surface area contributed by atoms with Gasteiger partial charge in [-0.25, -0.2) is 4.98 Å². The highest BCUT2D eigenvalue weighted by Gasteiger charge is 2.50. The van der Waals surface area contributed by atoms with Crippen LogP contribution in [0.25, 0.3) is 0 Å². The zero-order chi connectivity index (χ0) is 10.2. The van der Waals surface area contributed by atoms with E-state index in [4.69, 9.17) is 4.74 Å². The van der Waals surface area contributed by atoms with Gasteiger partial charge >= 0.3 is 0 Å². The average Bonchev–Trinajstić information content (AvgIpc) is 2.84. The number of hydrogen-bond acceptors (Lipinski definition) is 4. The molecule has 1 heterocycles. The molecule has 0 aliphatic heterocycles. The van der Waals surface area contributed by atoms with Crippen LogP contribution in [0.4, 0.5) is 0 Å². The van der Waals surface area contributed by atoms with Crippen LogP contribution in [0.15, 0.2) is 5.38 Å². The second-order valence-corrected chi connectivity index (χ2v) is 4.64. The Bertz CT molecular complexity index is 355. The lowest BCUT2D eigenvalue weighted by molar-refractivity contribution is -0.119. The Morgan fingerprint density at radius 2 is 2.43 bits per heavy atom. The topological polar surface area (TPSA) is 39.2 Å². The van der Waals surface area contributed by atoms with Crippen LogP contribution in [0.3, 0.4) is 0 Å². The van der Waals surface area contributed by atoms with Gasteiger partial charge in [0, 0.05) is 12.5 Å². The molecule has 2 rings (SSSR count). The van der Waals surface area contributed by atoms with Crippen LogP contribution >= 0.6 is 11.3 Å². The van der Waals surface area contributed by atoms with Crippen molar-refractivity contribution in [2.45, 2.75) is 31.8 Å². The van der Waals surface area contributed by atoms with Crippen molar-refractivity contribution in [1.29, 1.82) is 0 Å². The van der Waals surface area contributed by atoms with E-state index in [2.05, 4.69) is 4.98 Å². The number of hydrogen-bond donors (Lipinski definition) is 0. The van der Waals surface area contributed by atoms with E-state index >= 15 is 0 Å². The van der Waals surface area contributed by atoms with Crippen molar-refractivity contribution < 1.29 is 9.53 Å². The first-order valence-corrected chi connectivity index (χ1v) is 5.52. The summed E-state index contributed by atoms with van der Waals surface area (Å²) in [5.74, 6) is 0.242. The van der Waals surface area contributed by atoms with Crippen LogP contribution < -0.4 is 0 Å². The Labute approximate surface area is 87.1 Å². The molecular formula is C10H13NO2S. The van der Waals surface area contributed by atoms with E-state index in [1.165, 1.54) is 0 Å². The summed E-state index contributed by atoms with van der Waals surface area (Å²) in [6.07, 6.45) is 1.91. The zero-order valence-corrected chi connectivity index (χ0v) is 9.19. The molecule has 0 N–H and O–H groups in total. The molecule has 0 aromatic carbocycles. The van der Waals surface area contributed by atoms with Crippen molar-refractivity contribution in [3.05, 3.63) is 16.1 Å². The number of rotatable bonds is 4. The molecule has 14 heavy (non-hydrogen) atoms. The molecule has 0 saturated heterocycles. The van der Waals surface area contributed by atoms with E-state index in [0.717, 1.165) is 23.5 Å². The highest BCUT2D eigenvalue weighted by Crippen LogP contribution is 2.48. The van der Waals surface area contributed by atoms with Crippen LogP contribution in [0, 0.1) is 0 Å². The third kappa shape index (κ3) is 1.48. The Hall–Kier alpha value is -0.740. The quantitative estimate of drug-likeness (QED) is 0.763. The van der Waals surface area contributed by atoms with E-state index in [1.807, 2.05) is 5.38 Å². The maximum absolute atomic E-state index is 11.4. The third-order valence-electron chi connectivity index (χ3n) is 2.73. The number of nitrogens with zero attached hydrogens (tertiary/aromatic N) is 1. The Kier molecular flexibility index (Phi) is 2.41. The first kappa shape index (κ1) is 9.80. The van der Waals surface area contributed by atoms with Gasteiger partial charge in [-0.2, -0.15) is 0 Å².